The van der Waals surface area contributed by atoms with Crippen molar-refractivity contribution in [1.29, 1.82) is 0 Å². The molecular formula is C18H24N4O3S. The van der Waals surface area contributed by atoms with Gasteiger partial charge in [-0.05, 0) is 30.9 Å². The lowest BCUT2D eigenvalue weighted by molar-refractivity contribution is 0.0532. The Balaban J connectivity index is 1.93. The van der Waals surface area contributed by atoms with Crippen LogP contribution in [0.4, 0.5) is 0 Å². The quantitative estimate of drug-likeness (QED) is 0.871. The van der Waals surface area contributed by atoms with Crippen LogP contribution in [0.15, 0.2) is 41.6 Å². The number of nitrogens with zero attached hydrogens (tertiary/aromatic N) is 3. The zero-order valence-electron chi connectivity index (χ0n) is 15.0. The molecule has 140 valence electrons. The molecule has 1 saturated heterocycles. The molecule has 0 radical (unpaired) electrons. The highest BCUT2D eigenvalue weighted by atomic mass is 32.2. The largest absolute Gasteiger partial charge is 0.334 e. The van der Waals surface area contributed by atoms with E-state index in [1.165, 1.54) is 16.9 Å². The van der Waals surface area contributed by atoms with E-state index < -0.39 is 9.84 Å². The highest BCUT2D eigenvalue weighted by molar-refractivity contribution is 7.90. The van der Waals surface area contributed by atoms with Gasteiger partial charge in [0.2, 0.25) is 0 Å². The number of likely N-dealkylation sites (tertiary alicyclic amines) is 1. The van der Waals surface area contributed by atoms with Crippen molar-refractivity contribution in [3.05, 3.63) is 42.2 Å². The van der Waals surface area contributed by atoms with Gasteiger partial charge in [-0.25, -0.2) is 13.1 Å². The van der Waals surface area contributed by atoms with Crippen LogP contribution < -0.4 is 5.73 Å². The first-order chi connectivity index (χ1) is 12.3. The zero-order chi connectivity index (χ0) is 18.9. The van der Waals surface area contributed by atoms with Crippen molar-refractivity contribution >= 4 is 15.7 Å². The van der Waals surface area contributed by atoms with E-state index in [0.717, 1.165) is 19.1 Å². The number of nitrogens with two attached hydrogens (primary N) is 1. The van der Waals surface area contributed by atoms with E-state index in [1.54, 1.807) is 24.4 Å². The monoisotopic (exact) mass is 376 g/mol. The fourth-order valence-electron chi connectivity index (χ4n) is 3.55. The van der Waals surface area contributed by atoms with Gasteiger partial charge >= 0.3 is 0 Å². The van der Waals surface area contributed by atoms with E-state index in [2.05, 4.69) is 12.0 Å². The van der Waals surface area contributed by atoms with Crippen molar-refractivity contribution in [2.24, 2.45) is 11.7 Å². The van der Waals surface area contributed by atoms with Gasteiger partial charge in [0.15, 0.2) is 9.84 Å². The fraction of sp³-hybridized carbons (Fsp3) is 0.444. The van der Waals surface area contributed by atoms with E-state index in [0.29, 0.717) is 30.3 Å². The first-order valence-electron chi connectivity index (χ1n) is 8.68. The molecule has 0 unspecified atom stereocenters. The van der Waals surface area contributed by atoms with Crippen LogP contribution in [0.3, 0.4) is 0 Å². The molecule has 1 aliphatic heterocycles. The van der Waals surface area contributed by atoms with Gasteiger partial charge in [0.1, 0.15) is 0 Å². The van der Waals surface area contributed by atoms with E-state index in [-0.39, 0.29) is 16.8 Å². The van der Waals surface area contributed by atoms with Crippen LogP contribution in [0, 0.1) is 5.92 Å². The minimum absolute atomic E-state index is 0.0166. The number of sulfone groups is 1. The number of hydrogen-bond acceptors (Lipinski definition) is 5. The molecule has 1 aliphatic rings. The lowest BCUT2D eigenvalue weighted by Gasteiger charge is -2.39. The molecule has 1 aromatic heterocycles. The summed E-state index contributed by atoms with van der Waals surface area (Å²) in [6, 6.07) is 6.62. The van der Waals surface area contributed by atoms with Crippen LogP contribution in [-0.4, -0.2) is 54.4 Å². The maximum absolute atomic E-state index is 12.9. The van der Waals surface area contributed by atoms with E-state index in [1.807, 2.05) is 4.90 Å². The summed E-state index contributed by atoms with van der Waals surface area (Å²) in [6.07, 6.45) is 6.23. The van der Waals surface area contributed by atoms with Gasteiger partial charge in [0, 0.05) is 31.6 Å². The summed E-state index contributed by atoms with van der Waals surface area (Å²) in [5.74, 6) is 0.244. The smallest absolute Gasteiger partial charge is 0.257 e. The van der Waals surface area contributed by atoms with E-state index >= 15 is 0 Å². The number of carbonyl (C=O) groups is 1. The zero-order valence-corrected chi connectivity index (χ0v) is 15.8. The Hall–Kier alpha value is -2.19. The van der Waals surface area contributed by atoms with Crippen LogP contribution in [-0.2, 0) is 9.84 Å². The Morgan fingerprint density at radius 1 is 1.35 bits per heavy atom. The van der Waals surface area contributed by atoms with Crippen molar-refractivity contribution in [2.45, 2.75) is 30.7 Å². The number of hydrogen-bond donors (Lipinski definition) is 1. The molecule has 2 atom stereocenters. The molecule has 0 spiro atoms. The normalized spacial score (nSPS) is 21.0. The van der Waals surface area contributed by atoms with Crippen LogP contribution in [0.2, 0.25) is 0 Å². The topological polar surface area (TPSA) is 98.3 Å². The van der Waals surface area contributed by atoms with Gasteiger partial charge in [0.05, 0.1) is 22.3 Å². The van der Waals surface area contributed by atoms with Crippen molar-refractivity contribution in [3.63, 3.8) is 0 Å². The van der Waals surface area contributed by atoms with Crippen molar-refractivity contribution < 1.29 is 13.2 Å². The third-order valence-electron chi connectivity index (χ3n) is 4.96. The first kappa shape index (κ1) is 18.6. The number of benzene rings is 1. The number of para-hydroxylation sites is 1. The molecule has 0 bridgehead atoms. The number of carbonyl (C=O) groups excluding carboxylic acids is 1. The Morgan fingerprint density at radius 2 is 2.08 bits per heavy atom. The van der Waals surface area contributed by atoms with E-state index in [9.17, 15) is 13.2 Å². The molecule has 7 nitrogen and oxygen atoms in total. The highest BCUT2D eigenvalue weighted by Crippen LogP contribution is 2.25. The number of piperidine rings is 1. The van der Waals surface area contributed by atoms with Crippen molar-refractivity contribution in [1.82, 2.24) is 14.7 Å². The molecule has 26 heavy (non-hydrogen) atoms. The molecule has 0 aliphatic carbocycles. The average molecular weight is 376 g/mol. The fourth-order valence-corrected chi connectivity index (χ4v) is 4.42. The van der Waals surface area contributed by atoms with Gasteiger partial charge in [-0.15, -0.1) is 0 Å². The molecule has 8 heteroatoms. The Morgan fingerprint density at radius 3 is 2.77 bits per heavy atom. The third-order valence-corrected chi connectivity index (χ3v) is 6.10. The highest BCUT2D eigenvalue weighted by Gasteiger charge is 2.32. The standard InChI is InChI=1S/C18H24N4O3S/c1-13-6-5-9-21(16(13)10-19)18(23)14-11-20-22(12-14)15-7-3-4-8-17(15)26(2,24)25/h3-4,7-8,11-13,16H,5-6,9-10,19H2,1-2H3/t13-,16+/m0/s1. The Kier molecular flexibility index (Phi) is 5.15. The molecule has 1 aromatic carbocycles. The van der Waals surface area contributed by atoms with Gasteiger partial charge < -0.3 is 10.6 Å². The van der Waals surface area contributed by atoms with Crippen LogP contribution in [0.1, 0.15) is 30.1 Å². The lowest BCUT2D eigenvalue weighted by Crippen LogP contribution is -2.51. The minimum atomic E-state index is -3.41. The number of amides is 1. The van der Waals surface area contributed by atoms with Crippen molar-refractivity contribution in [3.8, 4) is 5.69 Å². The summed E-state index contributed by atoms with van der Waals surface area (Å²) >= 11 is 0. The summed E-state index contributed by atoms with van der Waals surface area (Å²) in [7, 11) is -3.41. The van der Waals surface area contributed by atoms with Gasteiger partial charge in [-0.1, -0.05) is 19.1 Å². The predicted molar refractivity (Wildman–Crippen MR) is 99.0 cm³/mol. The molecule has 1 amide bonds. The summed E-state index contributed by atoms with van der Waals surface area (Å²) in [5, 5.41) is 4.22. The molecule has 3 rings (SSSR count). The van der Waals surface area contributed by atoms with Crippen LogP contribution >= 0.6 is 0 Å². The first-order valence-corrected chi connectivity index (χ1v) is 10.6. The third kappa shape index (κ3) is 3.52. The number of rotatable bonds is 4. The van der Waals surface area contributed by atoms with Crippen LogP contribution in [0.5, 0.6) is 0 Å². The van der Waals surface area contributed by atoms with Gasteiger partial charge in [0.25, 0.3) is 5.91 Å². The Bertz CT molecular complexity index is 907. The maximum atomic E-state index is 12.9. The number of aromatic nitrogens is 2. The summed E-state index contributed by atoms with van der Waals surface area (Å²) in [5.41, 5.74) is 6.74. The molecule has 2 N–H and O–H groups in total. The molecular weight excluding hydrogens is 352 g/mol. The maximum Gasteiger partial charge on any atom is 0.257 e. The minimum Gasteiger partial charge on any atom is -0.334 e. The van der Waals surface area contributed by atoms with Crippen molar-refractivity contribution in [2.75, 3.05) is 19.3 Å². The Labute approximate surface area is 153 Å². The lowest BCUT2D eigenvalue weighted by atomic mass is 9.90. The summed E-state index contributed by atoms with van der Waals surface area (Å²) in [4.78, 5) is 14.9. The molecule has 2 heterocycles. The van der Waals surface area contributed by atoms with Gasteiger partial charge in [-0.2, -0.15) is 5.10 Å². The molecule has 1 fully saturated rings. The average Bonchev–Trinajstić information content (AvgIpc) is 3.10. The SMILES string of the molecule is C[C@H]1CCCN(C(=O)c2cnn(-c3ccccc3S(C)(=O)=O)c2)[C@@H]1CN. The second-order valence-electron chi connectivity index (χ2n) is 6.83. The predicted octanol–water partition coefficient (Wildman–Crippen LogP) is 1.48. The molecule has 0 saturated carbocycles. The van der Waals surface area contributed by atoms with Crippen LogP contribution in [0.25, 0.3) is 5.69 Å². The summed E-state index contributed by atoms with van der Waals surface area (Å²) < 4.78 is 25.4. The second kappa shape index (κ2) is 7.20. The second-order valence-corrected chi connectivity index (χ2v) is 8.82. The van der Waals surface area contributed by atoms with Gasteiger partial charge in [-0.3, -0.25) is 4.79 Å². The van der Waals surface area contributed by atoms with E-state index in [4.69, 9.17) is 5.73 Å². The molecule has 2 aromatic rings. The summed E-state index contributed by atoms with van der Waals surface area (Å²) in [6.45, 7) is 3.22.